The quantitative estimate of drug-likeness (QED) is 0.629. The molecule has 22 heavy (non-hydrogen) atoms. The topological polar surface area (TPSA) is 61.1 Å². The summed E-state index contributed by atoms with van der Waals surface area (Å²) < 4.78 is 25.2. The smallest absolute Gasteiger partial charge is 0.311 e. The first-order valence-corrected chi connectivity index (χ1v) is 8.94. The second kappa shape index (κ2) is 6.48. The maximum absolute atomic E-state index is 12.4. The molecule has 2 rings (SSSR count). The minimum atomic E-state index is -3.56. The van der Waals surface area contributed by atoms with Crippen molar-refractivity contribution in [2.75, 3.05) is 5.75 Å². The van der Waals surface area contributed by atoms with Crippen LogP contribution in [0.15, 0.2) is 41.6 Å². The van der Waals surface area contributed by atoms with Crippen LogP contribution in [0.1, 0.15) is 28.7 Å². The Hall–Kier alpha value is -1.88. The lowest BCUT2D eigenvalue weighted by Crippen LogP contribution is -2.35. The summed E-state index contributed by atoms with van der Waals surface area (Å²) in [7, 11) is -3.56. The predicted molar refractivity (Wildman–Crippen MR) is 86.4 cm³/mol. The average Bonchev–Trinajstić information content (AvgIpc) is 2.42. The first kappa shape index (κ1) is 16.5. The highest BCUT2D eigenvalue weighted by Gasteiger charge is 2.25. The molecular weight excluding hydrogens is 298 g/mol. The highest BCUT2D eigenvalue weighted by Crippen LogP contribution is 2.16. The molecule has 0 unspecified atom stereocenters. The number of nitrogens with zero attached hydrogens (tertiary/aromatic N) is 1. The molecule has 2 aromatic rings. The minimum Gasteiger partial charge on any atom is -0.618 e. The van der Waals surface area contributed by atoms with Crippen molar-refractivity contribution in [2.45, 2.75) is 38.6 Å². The molecule has 0 radical (unpaired) electrons. The summed E-state index contributed by atoms with van der Waals surface area (Å²) in [5, 5.41) is 11.6. The van der Waals surface area contributed by atoms with Gasteiger partial charge in [0.2, 0.25) is 9.84 Å². The van der Waals surface area contributed by atoms with Gasteiger partial charge in [0.05, 0.1) is 5.75 Å². The number of hydrogen-bond donors (Lipinski definition) is 0. The molecule has 0 amide bonds. The maximum Gasteiger partial charge on any atom is 0.311 e. The molecule has 1 aromatic heterocycles. The van der Waals surface area contributed by atoms with Crippen LogP contribution in [0.3, 0.4) is 0 Å². The summed E-state index contributed by atoms with van der Waals surface area (Å²) in [6.45, 7) is 5.69. The van der Waals surface area contributed by atoms with Crippen LogP contribution in [0, 0.1) is 26.0 Å². The van der Waals surface area contributed by atoms with Gasteiger partial charge in [-0.3, -0.25) is 0 Å². The normalized spacial score (nSPS) is 11.6. The van der Waals surface area contributed by atoms with Crippen LogP contribution >= 0.6 is 0 Å². The molecule has 0 N–H and O–H groups in total. The van der Waals surface area contributed by atoms with Gasteiger partial charge in [-0.25, -0.2) is 8.42 Å². The zero-order chi connectivity index (χ0) is 16.3. The minimum absolute atomic E-state index is 0.0204. The lowest BCUT2D eigenvalue weighted by molar-refractivity contribution is -0.647. The number of pyridine rings is 1. The number of hydrogen-bond acceptors (Lipinski definition) is 3. The van der Waals surface area contributed by atoms with Crippen molar-refractivity contribution < 1.29 is 13.1 Å². The van der Waals surface area contributed by atoms with Gasteiger partial charge in [-0.1, -0.05) is 23.8 Å². The number of aromatic nitrogens is 1. The molecule has 0 atom stereocenters. The van der Waals surface area contributed by atoms with Gasteiger partial charge in [0.15, 0.2) is 6.20 Å². The number of rotatable bonds is 5. The lowest BCUT2D eigenvalue weighted by atomic mass is 10.0. The monoisotopic (exact) mass is 319 g/mol. The van der Waals surface area contributed by atoms with E-state index in [1.165, 1.54) is 11.8 Å². The third kappa shape index (κ3) is 3.65. The Morgan fingerprint density at radius 2 is 1.82 bits per heavy atom. The molecule has 118 valence electrons. The Morgan fingerprint density at radius 3 is 2.50 bits per heavy atom. The van der Waals surface area contributed by atoms with Gasteiger partial charge in [0.1, 0.15) is 0 Å². The van der Waals surface area contributed by atoms with Crippen molar-refractivity contribution in [3.05, 3.63) is 64.0 Å². The van der Waals surface area contributed by atoms with Gasteiger partial charge < -0.3 is 5.21 Å². The second-order valence-electron chi connectivity index (χ2n) is 5.67. The van der Waals surface area contributed by atoms with E-state index >= 15 is 0 Å². The molecule has 0 aliphatic rings. The Balaban J connectivity index is 2.12. The van der Waals surface area contributed by atoms with Gasteiger partial charge in [0, 0.05) is 11.6 Å². The standard InChI is InChI=1S/C17H21NO3S/c1-13-8-9-14(2)16(12-13)7-5-11-22(20,21)17-15(3)6-4-10-18(17)19/h4,6,8-10,12H,5,7,11H2,1-3H3. The summed E-state index contributed by atoms with van der Waals surface area (Å²) in [5.41, 5.74) is 3.98. The highest BCUT2D eigenvalue weighted by atomic mass is 32.2. The summed E-state index contributed by atoms with van der Waals surface area (Å²) in [5.74, 6) is -0.0204. The van der Waals surface area contributed by atoms with E-state index in [0.29, 0.717) is 23.1 Å². The van der Waals surface area contributed by atoms with Gasteiger partial charge in [-0.05, 0) is 50.8 Å². The summed E-state index contributed by atoms with van der Waals surface area (Å²) in [6, 6.07) is 9.38. The third-order valence-corrected chi connectivity index (χ3v) is 5.68. The number of sulfone groups is 1. The van der Waals surface area contributed by atoms with Crippen molar-refractivity contribution in [3.8, 4) is 0 Å². The zero-order valence-electron chi connectivity index (χ0n) is 13.2. The molecule has 1 heterocycles. The molecule has 0 spiro atoms. The Morgan fingerprint density at radius 1 is 1.09 bits per heavy atom. The van der Waals surface area contributed by atoms with E-state index in [1.54, 1.807) is 19.1 Å². The van der Waals surface area contributed by atoms with Crippen molar-refractivity contribution in [1.82, 2.24) is 0 Å². The van der Waals surface area contributed by atoms with Crippen LogP contribution in [-0.2, 0) is 16.3 Å². The van der Waals surface area contributed by atoms with Crippen LogP contribution in [0.2, 0.25) is 0 Å². The van der Waals surface area contributed by atoms with Crippen molar-refractivity contribution >= 4 is 9.84 Å². The molecule has 0 saturated carbocycles. The zero-order valence-corrected chi connectivity index (χ0v) is 14.0. The molecule has 0 saturated heterocycles. The van der Waals surface area contributed by atoms with Gasteiger partial charge in [0.25, 0.3) is 0 Å². The van der Waals surface area contributed by atoms with E-state index in [-0.39, 0.29) is 10.8 Å². The van der Waals surface area contributed by atoms with Crippen LogP contribution in [0.5, 0.6) is 0 Å². The fourth-order valence-corrected chi connectivity index (χ4v) is 4.19. The number of aryl methyl sites for hydroxylation is 4. The van der Waals surface area contributed by atoms with E-state index in [9.17, 15) is 13.6 Å². The van der Waals surface area contributed by atoms with Crippen LogP contribution < -0.4 is 4.73 Å². The SMILES string of the molecule is Cc1ccc(C)c(CCCS(=O)(=O)c2c(C)ccc[n+]2[O-])c1. The lowest BCUT2D eigenvalue weighted by Gasteiger charge is -2.09. The molecule has 0 fully saturated rings. The number of benzene rings is 1. The largest absolute Gasteiger partial charge is 0.618 e. The van der Waals surface area contributed by atoms with E-state index in [0.717, 1.165) is 11.1 Å². The highest BCUT2D eigenvalue weighted by molar-refractivity contribution is 7.91. The van der Waals surface area contributed by atoms with E-state index in [1.807, 2.05) is 26.0 Å². The van der Waals surface area contributed by atoms with Gasteiger partial charge in [-0.2, -0.15) is 4.73 Å². The van der Waals surface area contributed by atoms with Gasteiger partial charge in [-0.15, -0.1) is 0 Å². The molecule has 5 heteroatoms. The van der Waals surface area contributed by atoms with Crippen molar-refractivity contribution in [3.63, 3.8) is 0 Å². The average molecular weight is 319 g/mol. The van der Waals surface area contributed by atoms with Crippen molar-refractivity contribution in [1.29, 1.82) is 0 Å². The van der Waals surface area contributed by atoms with Crippen LogP contribution in [-0.4, -0.2) is 14.2 Å². The van der Waals surface area contributed by atoms with Gasteiger partial charge >= 0.3 is 5.03 Å². The molecule has 0 aliphatic heterocycles. The molecule has 0 bridgehead atoms. The van der Waals surface area contributed by atoms with Crippen molar-refractivity contribution in [2.24, 2.45) is 0 Å². The van der Waals surface area contributed by atoms with E-state index < -0.39 is 9.84 Å². The molecule has 1 aromatic carbocycles. The first-order valence-electron chi connectivity index (χ1n) is 7.29. The van der Waals surface area contributed by atoms with Crippen LogP contribution in [0.25, 0.3) is 0 Å². The third-order valence-electron chi connectivity index (χ3n) is 3.76. The first-order chi connectivity index (χ1) is 10.3. The summed E-state index contributed by atoms with van der Waals surface area (Å²) >= 11 is 0. The predicted octanol–water partition coefficient (Wildman–Crippen LogP) is 2.65. The summed E-state index contributed by atoms with van der Waals surface area (Å²) in [4.78, 5) is 0. The Labute approximate surface area is 131 Å². The van der Waals surface area contributed by atoms with Crippen LogP contribution in [0.4, 0.5) is 0 Å². The Kier molecular flexibility index (Phi) is 4.86. The maximum atomic E-state index is 12.4. The van der Waals surface area contributed by atoms with E-state index in [4.69, 9.17) is 0 Å². The fourth-order valence-electron chi connectivity index (χ4n) is 2.58. The molecular formula is C17H21NO3S. The summed E-state index contributed by atoms with van der Waals surface area (Å²) in [6.07, 6.45) is 2.42. The van der Waals surface area contributed by atoms with E-state index in [2.05, 4.69) is 6.07 Å². The Bertz CT molecular complexity index is 762. The second-order valence-corrected chi connectivity index (χ2v) is 7.70. The fraction of sp³-hybridized carbons (Fsp3) is 0.353. The molecule has 0 aliphatic carbocycles. The molecule has 4 nitrogen and oxygen atoms in total.